The van der Waals surface area contributed by atoms with Crippen LogP contribution >= 0.6 is 0 Å². The molecule has 12 heavy (non-hydrogen) atoms. The van der Waals surface area contributed by atoms with Crippen LogP contribution in [0.15, 0.2) is 24.3 Å². The van der Waals surface area contributed by atoms with Crippen molar-refractivity contribution in [1.29, 1.82) is 0 Å². The van der Waals surface area contributed by atoms with E-state index in [1.807, 2.05) is 0 Å². The van der Waals surface area contributed by atoms with E-state index in [4.69, 9.17) is 4.74 Å². The number of carbonyl (C=O) groups is 1. The van der Waals surface area contributed by atoms with E-state index in [-0.39, 0.29) is 5.91 Å². The molecule has 0 aromatic heterocycles. The van der Waals surface area contributed by atoms with Crippen molar-refractivity contribution >= 4 is 11.6 Å². The van der Waals surface area contributed by atoms with Gasteiger partial charge in [-0.1, -0.05) is 0 Å². The maximum atomic E-state index is 10.6. The van der Waals surface area contributed by atoms with E-state index in [2.05, 4.69) is 12.4 Å². The molecule has 1 amide bonds. The van der Waals surface area contributed by atoms with Crippen molar-refractivity contribution in [3.63, 3.8) is 0 Å². The zero-order valence-corrected chi connectivity index (χ0v) is 6.83. The fourth-order valence-electron chi connectivity index (χ4n) is 0.838. The van der Waals surface area contributed by atoms with E-state index in [1.165, 1.54) is 6.92 Å². The van der Waals surface area contributed by atoms with Gasteiger partial charge < -0.3 is 10.1 Å². The van der Waals surface area contributed by atoms with E-state index in [0.29, 0.717) is 5.75 Å². The first-order valence-electron chi connectivity index (χ1n) is 3.52. The summed E-state index contributed by atoms with van der Waals surface area (Å²) in [7, 11) is 3.26. The molecular formula is C9H10NO2. The number of ether oxygens (including phenoxy) is 1. The molecule has 0 aliphatic rings. The highest BCUT2D eigenvalue weighted by Gasteiger charge is 1.94. The molecule has 0 aliphatic heterocycles. The summed E-state index contributed by atoms with van der Waals surface area (Å²) < 4.78 is 4.71. The van der Waals surface area contributed by atoms with Gasteiger partial charge in [-0.3, -0.25) is 4.79 Å². The molecule has 1 aromatic carbocycles. The number of hydrogen-bond acceptors (Lipinski definition) is 2. The Hall–Kier alpha value is -1.51. The summed E-state index contributed by atoms with van der Waals surface area (Å²) in [5.74, 6) is 0.586. The van der Waals surface area contributed by atoms with E-state index in [0.717, 1.165) is 5.69 Å². The Morgan fingerprint density at radius 1 is 1.42 bits per heavy atom. The van der Waals surface area contributed by atoms with Crippen LogP contribution in [-0.2, 0) is 4.79 Å². The first kappa shape index (κ1) is 8.59. The average molecular weight is 164 g/mol. The molecule has 1 aromatic rings. The number of benzene rings is 1. The van der Waals surface area contributed by atoms with Crippen molar-refractivity contribution in [2.24, 2.45) is 0 Å². The maximum absolute atomic E-state index is 10.6. The summed E-state index contributed by atoms with van der Waals surface area (Å²) in [6.45, 7) is 1.46. The monoisotopic (exact) mass is 164 g/mol. The van der Waals surface area contributed by atoms with Gasteiger partial charge in [-0.2, -0.15) is 0 Å². The molecule has 0 spiro atoms. The van der Waals surface area contributed by atoms with Crippen molar-refractivity contribution in [3.05, 3.63) is 31.4 Å². The van der Waals surface area contributed by atoms with Crippen molar-refractivity contribution in [2.45, 2.75) is 6.92 Å². The van der Waals surface area contributed by atoms with Crippen LogP contribution in [0, 0.1) is 7.11 Å². The highest BCUT2D eigenvalue weighted by Crippen LogP contribution is 2.14. The number of anilines is 1. The molecule has 1 radical (unpaired) electrons. The third-order valence-corrected chi connectivity index (χ3v) is 1.34. The zero-order chi connectivity index (χ0) is 8.97. The van der Waals surface area contributed by atoms with Crippen molar-refractivity contribution < 1.29 is 9.53 Å². The Bertz CT molecular complexity index is 266. The summed E-state index contributed by atoms with van der Waals surface area (Å²) in [5.41, 5.74) is 0.753. The number of nitrogens with one attached hydrogen (secondary N) is 1. The van der Waals surface area contributed by atoms with Crippen LogP contribution in [0.1, 0.15) is 6.92 Å². The largest absolute Gasteiger partial charge is 0.490 e. The van der Waals surface area contributed by atoms with Crippen molar-refractivity contribution in [3.8, 4) is 5.75 Å². The summed E-state index contributed by atoms with van der Waals surface area (Å²) in [6, 6.07) is 6.97. The molecule has 1 rings (SSSR count). The molecule has 0 saturated carbocycles. The summed E-state index contributed by atoms with van der Waals surface area (Å²) in [4.78, 5) is 10.6. The SMILES string of the molecule is [CH2]Oc1ccc(NC(C)=O)cc1. The van der Waals surface area contributed by atoms with Gasteiger partial charge in [0.15, 0.2) is 0 Å². The van der Waals surface area contributed by atoms with Gasteiger partial charge in [0.1, 0.15) is 12.9 Å². The summed E-state index contributed by atoms with van der Waals surface area (Å²) in [5, 5.41) is 2.64. The van der Waals surface area contributed by atoms with E-state index >= 15 is 0 Å². The molecular weight excluding hydrogens is 154 g/mol. The number of hydrogen-bond donors (Lipinski definition) is 1. The second kappa shape index (κ2) is 3.76. The molecule has 63 valence electrons. The first-order valence-corrected chi connectivity index (χ1v) is 3.52. The van der Waals surface area contributed by atoms with Gasteiger partial charge in [0, 0.05) is 12.6 Å². The van der Waals surface area contributed by atoms with Gasteiger partial charge in [0.05, 0.1) is 0 Å². The molecule has 0 atom stereocenters. The molecule has 3 nitrogen and oxygen atoms in total. The quantitative estimate of drug-likeness (QED) is 0.724. The van der Waals surface area contributed by atoms with Gasteiger partial charge in [0.2, 0.25) is 5.91 Å². The topological polar surface area (TPSA) is 38.3 Å². The lowest BCUT2D eigenvalue weighted by molar-refractivity contribution is -0.114. The smallest absolute Gasteiger partial charge is 0.221 e. The van der Waals surface area contributed by atoms with Crippen LogP contribution in [-0.4, -0.2) is 5.91 Å². The van der Waals surface area contributed by atoms with Crippen LogP contribution in [0.5, 0.6) is 5.75 Å². The molecule has 3 heteroatoms. The third-order valence-electron chi connectivity index (χ3n) is 1.34. The van der Waals surface area contributed by atoms with Gasteiger partial charge in [-0.15, -0.1) is 0 Å². The van der Waals surface area contributed by atoms with Gasteiger partial charge >= 0.3 is 0 Å². The third kappa shape index (κ3) is 2.27. The normalized spacial score (nSPS) is 9.17. The lowest BCUT2D eigenvalue weighted by Gasteiger charge is -2.02. The van der Waals surface area contributed by atoms with Crippen LogP contribution in [0.4, 0.5) is 5.69 Å². The minimum absolute atomic E-state index is 0.0849. The molecule has 0 saturated heterocycles. The number of rotatable bonds is 2. The van der Waals surface area contributed by atoms with Crippen LogP contribution in [0.3, 0.4) is 0 Å². The molecule has 0 fully saturated rings. The highest BCUT2D eigenvalue weighted by atomic mass is 16.5. The Kier molecular flexibility index (Phi) is 2.69. The Labute approximate surface area is 71.4 Å². The second-order valence-electron chi connectivity index (χ2n) is 2.35. The fourth-order valence-corrected chi connectivity index (χ4v) is 0.838. The number of carbonyl (C=O) groups excluding carboxylic acids is 1. The maximum Gasteiger partial charge on any atom is 0.221 e. The van der Waals surface area contributed by atoms with Crippen molar-refractivity contribution in [1.82, 2.24) is 0 Å². The Morgan fingerprint density at radius 2 is 2.00 bits per heavy atom. The second-order valence-corrected chi connectivity index (χ2v) is 2.35. The summed E-state index contributed by atoms with van der Waals surface area (Å²) in [6.07, 6.45) is 0. The van der Waals surface area contributed by atoms with E-state index in [1.54, 1.807) is 24.3 Å². The standard InChI is InChI=1S/C9H10NO2/c1-7(11)10-8-3-5-9(12-2)6-4-8/h3-6H,2H2,1H3,(H,10,11). The lowest BCUT2D eigenvalue weighted by Crippen LogP contribution is -2.05. The number of amides is 1. The molecule has 0 aliphatic carbocycles. The van der Waals surface area contributed by atoms with E-state index in [9.17, 15) is 4.79 Å². The molecule has 0 heterocycles. The zero-order valence-electron chi connectivity index (χ0n) is 6.83. The first-order chi connectivity index (χ1) is 5.72. The fraction of sp³-hybridized carbons (Fsp3) is 0.111. The predicted molar refractivity (Wildman–Crippen MR) is 46.7 cm³/mol. The Balaban J connectivity index is 2.71. The average Bonchev–Trinajstić information content (AvgIpc) is 2.05. The van der Waals surface area contributed by atoms with Gasteiger partial charge in [0.25, 0.3) is 0 Å². The van der Waals surface area contributed by atoms with Gasteiger partial charge in [-0.05, 0) is 24.3 Å². The van der Waals surface area contributed by atoms with Crippen LogP contribution in [0.2, 0.25) is 0 Å². The molecule has 0 unspecified atom stereocenters. The lowest BCUT2D eigenvalue weighted by atomic mass is 10.3. The summed E-state index contributed by atoms with van der Waals surface area (Å²) >= 11 is 0. The van der Waals surface area contributed by atoms with Crippen LogP contribution in [0.25, 0.3) is 0 Å². The minimum Gasteiger partial charge on any atom is -0.490 e. The predicted octanol–water partition coefficient (Wildman–Crippen LogP) is 1.82. The van der Waals surface area contributed by atoms with Gasteiger partial charge in [-0.25, -0.2) is 0 Å². The minimum atomic E-state index is -0.0849. The molecule has 1 N–H and O–H groups in total. The van der Waals surface area contributed by atoms with E-state index < -0.39 is 0 Å². The molecule has 0 bridgehead atoms. The Morgan fingerprint density at radius 3 is 2.42 bits per heavy atom. The van der Waals surface area contributed by atoms with Crippen LogP contribution < -0.4 is 10.1 Å². The van der Waals surface area contributed by atoms with Crippen molar-refractivity contribution in [2.75, 3.05) is 5.32 Å². The highest BCUT2D eigenvalue weighted by molar-refractivity contribution is 5.88.